The minimum Gasteiger partial charge on any atom is -0.507 e. The van der Waals surface area contributed by atoms with E-state index >= 15 is 0 Å². The second-order valence-electron chi connectivity index (χ2n) is 8.43. The number of ketones is 1. The van der Waals surface area contributed by atoms with Gasteiger partial charge in [0.1, 0.15) is 23.9 Å². The van der Waals surface area contributed by atoms with Crippen LogP contribution in [0.4, 0.5) is 5.69 Å². The molecule has 1 fully saturated rings. The molecule has 0 saturated carbocycles. The van der Waals surface area contributed by atoms with E-state index in [1.54, 1.807) is 30.2 Å². The summed E-state index contributed by atoms with van der Waals surface area (Å²) < 4.78 is 11.1. The zero-order chi connectivity index (χ0) is 23.5. The van der Waals surface area contributed by atoms with E-state index in [2.05, 4.69) is 6.92 Å². The van der Waals surface area contributed by atoms with Gasteiger partial charge in [0.2, 0.25) is 0 Å². The molecular weight excluding hydrogens is 420 g/mol. The second-order valence-corrected chi connectivity index (χ2v) is 8.43. The van der Waals surface area contributed by atoms with Crippen molar-refractivity contribution >= 4 is 23.1 Å². The highest BCUT2D eigenvalue weighted by Gasteiger charge is 2.46. The number of aliphatic hydroxyl groups excluding tert-OH is 1. The van der Waals surface area contributed by atoms with Crippen LogP contribution < -0.4 is 14.4 Å². The molecule has 7 heteroatoms. The zero-order valence-corrected chi connectivity index (χ0v) is 19.3. The minimum atomic E-state index is -0.679. The lowest BCUT2D eigenvalue weighted by molar-refractivity contribution is -0.139. The Kier molecular flexibility index (Phi) is 6.58. The van der Waals surface area contributed by atoms with Crippen LogP contribution in [0, 0.1) is 0 Å². The van der Waals surface area contributed by atoms with Gasteiger partial charge in [-0.15, -0.1) is 0 Å². The number of amides is 1. The number of fused-ring (bicyclic) bond motifs is 1. The van der Waals surface area contributed by atoms with Gasteiger partial charge >= 0.3 is 0 Å². The largest absolute Gasteiger partial charge is 0.507 e. The highest BCUT2D eigenvalue weighted by Crippen LogP contribution is 2.41. The number of Topliss-reactive ketones (excluding diaryl/α,β-unsaturated/α-hetero) is 1. The molecule has 0 radical (unpaired) electrons. The number of carbonyl (C=O) groups is 2. The van der Waals surface area contributed by atoms with E-state index in [-0.39, 0.29) is 11.3 Å². The van der Waals surface area contributed by atoms with E-state index in [9.17, 15) is 14.7 Å². The Morgan fingerprint density at radius 2 is 2.00 bits per heavy atom. The summed E-state index contributed by atoms with van der Waals surface area (Å²) in [5.74, 6) is -0.0807. The standard InChI is InChI=1S/C26H30N2O5/c1-4-5-6-12-28-23(17-8-7-9-19(15-17)32-3)22(25(30)26(28)31)24(29)18-10-11-21-20(16-18)27(2)13-14-33-21/h7-11,15-16,23,29H,4-6,12-14H2,1-3H3/b24-22-. The van der Waals surface area contributed by atoms with E-state index in [1.807, 2.05) is 36.2 Å². The fraction of sp³-hybridized carbons (Fsp3) is 0.385. The van der Waals surface area contributed by atoms with Crippen LogP contribution in [0.5, 0.6) is 11.5 Å². The van der Waals surface area contributed by atoms with Gasteiger partial charge in [0.25, 0.3) is 11.7 Å². The number of aliphatic hydroxyl groups is 1. The van der Waals surface area contributed by atoms with Crippen LogP contribution in [0.1, 0.15) is 43.4 Å². The molecule has 4 rings (SSSR count). The molecule has 2 aliphatic heterocycles. The second kappa shape index (κ2) is 9.57. The smallest absolute Gasteiger partial charge is 0.295 e. The van der Waals surface area contributed by atoms with E-state index in [1.165, 1.54) is 0 Å². The van der Waals surface area contributed by atoms with Crippen LogP contribution in [0.15, 0.2) is 48.0 Å². The first kappa shape index (κ1) is 22.7. The fourth-order valence-corrected chi connectivity index (χ4v) is 4.45. The molecule has 0 spiro atoms. The lowest BCUT2D eigenvalue weighted by Crippen LogP contribution is -2.30. The molecular formula is C26H30N2O5. The number of hydrogen-bond donors (Lipinski definition) is 1. The normalized spacial score (nSPS) is 19.4. The van der Waals surface area contributed by atoms with E-state index in [4.69, 9.17) is 9.47 Å². The van der Waals surface area contributed by atoms with Crippen molar-refractivity contribution in [3.63, 3.8) is 0 Å². The number of hydrogen-bond acceptors (Lipinski definition) is 6. The predicted octanol–water partition coefficient (Wildman–Crippen LogP) is 4.14. The van der Waals surface area contributed by atoms with Crippen molar-refractivity contribution in [1.29, 1.82) is 0 Å². The van der Waals surface area contributed by atoms with E-state index in [0.717, 1.165) is 42.8 Å². The first-order valence-corrected chi connectivity index (χ1v) is 11.4. The third kappa shape index (κ3) is 4.27. The van der Waals surface area contributed by atoms with Gasteiger partial charge < -0.3 is 24.4 Å². The van der Waals surface area contributed by atoms with Crippen molar-refractivity contribution in [1.82, 2.24) is 4.90 Å². The van der Waals surface area contributed by atoms with Gasteiger partial charge in [0.05, 0.1) is 31.0 Å². The van der Waals surface area contributed by atoms with Crippen molar-refractivity contribution in [3.8, 4) is 11.5 Å². The summed E-state index contributed by atoms with van der Waals surface area (Å²) in [6.07, 6.45) is 2.73. The van der Waals surface area contributed by atoms with Crippen molar-refractivity contribution in [2.75, 3.05) is 38.8 Å². The predicted molar refractivity (Wildman–Crippen MR) is 127 cm³/mol. The minimum absolute atomic E-state index is 0.101. The number of anilines is 1. The Balaban J connectivity index is 1.83. The summed E-state index contributed by atoms with van der Waals surface area (Å²) in [4.78, 5) is 29.8. The van der Waals surface area contributed by atoms with Crippen molar-refractivity contribution in [2.24, 2.45) is 0 Å². The number of ether oxygens (including phenoxy) is 2. The Labute approximate surface area is 194 Å². The summed E-state index contributed by atoms with van der Waals surface area (Å²) >= 11 is 0. The van der Waals surface area contributed by atoms with E-state index in [0.29, 0.717) is 24.5 Å². The molecule has 174 valence electrons. The van der Waals surface area contributed by atoms with Crippen LogP contribution in [0.2, 0.25) is 0 Å². The molecule has 0 aromatic heterocycles. The maximum Gasteiger partial charge on any atom is 0.295 e. The molecule has 1 N–H and O–H groups in total. The van der Waals surface area contributed by atoms with Gasteiger partial charge in [0, 0.05) is 19.2 Å². The Morgan fingerprint density at radius 3 is 2.76 bits per heavy atom. The Bertz CT molecular complexity index is 1090. The fourth-order valence-electron chi connectivity index (χ4n) is 4.45. The van der Waals surface area contributed by atoms with Gasteiger partial charge in [-0.2, -0.15) is 0 Å². The molecule has 33 heavy (non-hydrogen) atoms. The molecule has 2 aromatic rings. The van der Waals surface area contributed by atoms with Gasteiger partial charge in [-0.1, -0.05) is 31.9 Å². The van der Waals surface area contributed by atoms with Gasteiger partial charge in [0.15, 0.2) is 0 Å². The number of methoxy groups -OCH3 is 1. The first-order chi connectivity index (χ1) is 16.0. The number of benzene rings is 2. The van der Waals surface area contributed by atoms with Crippen LogP contribution in [-0.4, -0.2) is 55.6 Å². The lowest BCUT2D eigenvalue weighted by Gasteiger charge is -2.28. The number of nitrogens with zero attached hydrogens (tertiary/aromatic N) is 2. The highest BCUT2D eigenvalue weighted by molar-refractivity contribution is 6.46. The summed E-state index contributed by atoms with van der Waals surface area (Å²) in [5.41, 5.74) is 2.14. The molecule has 7 nitrogen and oxygen atoms in total. The van der Waals surface area contributed by atoms with Crippen LogP contribution in [-0.2, 0) is 9.59 Å². The Hall–Kier alpha value is -3.48. The van der Waals surface area contributed by atoms with Crippen LogP contribution in [0.3, 0.4) is 0 Å². The summed E-state index contributed by atoms with van der Waals surface area (Å²) in [5, 5.41) is 11.3. The highest BCUT2D eigenvalue weighted by atomic mass is 16.5. The monoisotopic (exact) mass is 450 g/mol. The molecule has 1 atom stereocenters. The molecule has 2 aromatic carbocycles. The maximum absolute atomic E-state index is 13.2. The Morgan fingerprint density at radius 1 is 1.18 bits per heavy atom. The average molecular weight is 451 g/mol. The molecule has 1 unspecified atom stereocenters. The van der Waals surface area contributed by atoms with Gasteiger partial charge in [-0.3, -0.25) is 9.59 Å². The third-order valence-electron chi connectivity index (χ3n) is 6.28. The summed E-state index contributed by atoms with van der Waals surface area (Å²) in [7, 11) is 3.52. The molecule has 0 bridgehead atoms. The van der Waals surface area contributed by atoms with Crippen molar-refractivity contribution in [2.45, 2.75) is 32.2 Å². The zero-order valence-electron chi connectivity index (χ0n) is 19.3. The average Bonchev–Trinajstić information content (AvgIpc) is 3.09. The molecule has 1 amide bonds. The number of carbonyl (C=O) groups excluding carboxylic acids is 2. The number of likely N-dealkylation sites (N-methyl/N-ethyl adjacent to an activating group) is 1. The third-order valence-corrected chi connectivity index (χ3v) is 6.28. The first-order valence-electron chi connectivity index (χ1n) is 11.4. The maximum atomic E-state index is 13.2. The summed E-state index contributed by atoms with van der Waals surface area (Å²) in [6, 6.07) is 11.9. The lowest BCUT2D eigenvalue weighted by atomic mass is 9.94. The van der Waals surface area contributed by atoms with Crippen molar-refractivity contribution < 1.29 is 24.2 Å². The number of unbranched alkanes of at least 4 members (excludes halogenated alkanes) is 2. The quantitative estimate of drug-likeness (QED) is 0.296. The van der Waals surface area contributed by atoms with Crippen LogP contribution in [0.25, 0.3) is 5.76 Å². The van der Waals surface area contributed by atoms with Gasteiger partial charge in [-0.05, 0) is 42.3 Å². The number of likely N-dealkylation sites (tertiary alicyclic amines) is 1. The van der Waals surface area contributed by atoms with Gasteiger partial charge in [-0.25, -0.2) is 0 Å². The molecule has 2 heterocycles. The van der Waals surface area contributed by atoms with Crippen molar-refractivity contribution in [3.05, 3.63) is 59.2 Å². The number of rotatable bonds is 7. The van der Waals surface area contributed by atoms with Crippen LogP contribution >= 0.6 is 0 Å². The summed E-state index contributed by atoms with van der Waals surface area (Å²) in [6.45, 7) is 3.85. The van der Waals surface area contributed by atoms with E-state index < -0.39 is 17.7 Å². The topological polar surface area (TPSA) is 79.3 Å². The SMILES string of the molecule is CCCCCN1C(=O)C(=O)/C(=C(\O)c2ccc3c(c2)N(C)CCO3)C1c1cccc(OC)c1. The molecule has 1 saturated heterocycles. The molecule has 2 aliphatic rings. The molecule has 0 aliphatic carbocycles.